The third-order valence-corrected chi connectivity index (χ3v) is 14.3. The highest BCUT2D eigenvalue weighted by atomic mass is 33.1. The minimum atomic E-state index is -1.50. The zero-order chi connectivity index (χ0) is 50.9. The third-order valence-electron chi connectivity index (χ3n) is 11.7. The molecule has 9 N–H and O–H groups in total. The molecule has 0 bridgehead atoms. The molecule has 0 aliphatic carbocycles. The summed E-state index contributed by atoms with van der Waals surface area (Å²) in [4.78, 5) is 126. The number of nitrogens with zero attached hydrogens (tertiary/aromatic N) is 1. The van der Waals surface area contributed by atoms with Crippen molar-refractivity contribution in [2.24, 2.45) is 17.6 Å². The molecule has 378 valence electrons. The molecule has 2 aromatic carbocycles. The van der Waals surface area contributed by atoms with Crippen LogP contribution in [0.4, 0.5) is 0 Å². The van der Waals surface area contributed by atoms with Crippen LogP contribution >= 0.6 is 21.6 Å². The predicted molar refractivity (Wildman–Crippen MR) is 267 cm³/mol. The molecule has 2 saturated heterocycles. The molecular formula is C49H71N9O9S2. The van der Waals surface area contributed by atoms with Gasteiger partial charge >= 0.3 is 0 Å². The Labute approximate surface area is 413 Å². The van der Waals surface area contributed by atoms with Crippen LogP contribution in [0.3, 0.4) is 0 Å². The van der Waals surface area contributed by atoms with Crippen molar-refractivity contribution in [2.75, 3.05) is 24.6 Å². The molecule has 0 unspecified atom stereocenters. The Morgan fingerprint density at radius 3 is 1.81 bits per heavy atom. The van der Waals surface area contributed by atoms with Gasteiger partial charge in [-0.1, -0.05) is 109 Å². The summed E-state index contributed by atoms with van der Waals surface area (Å²) in [6.07, 6.45) is 0.784. The molecule has 2 heterocycles. The van der Waals surface area contributed by atoms with Gasteiger partial charge < -0.3 is 47.9 Å². The molecule has 0 aromatic heterocycles. The number of nitrogens with two attached hydrogens (primary N) is 1. The molecule has 0 radical (unpaired) electrons. The van der Waals surface area contributed by atoms with Crippen LogP contribution < -0.4 is 43.0 Å². The van der Waals surface area contributed by atoms with Gasteiger partial charge in [0.2, 0.25) is 47.3 Å². The zero-order valence-electron chi connectivity index (χ0n) is 41.0. The van der Waals surface area contributed by atoms with Gasteiger partial charge in [-0.05, 0) is 69.9 Å². The van der Waals surface area contributed by atoms with Crippen LogP contribution in [-0.4, -0.2) is 131 Å². The van der Waals surface area contributed by atoms with Gasteiger partial charge in [-0.15, -0.1) is 0 Å². The lowest BCUT2D eigenvalue weighted by molar-refractivity contribution is -0.140. The SMILES string of the molecule is CC(=O)C[C@@H]1NC(=O)[C@@H](NC(=O)[C@@H]2CCCN2C(=O)[C@@H](N)CC(C)C)CSSC[C@@H](C)NC(=O)[C@H](C(C)C)NC(=O)CNC(=O)[C@H](Cc2ccc(C)cc2)NC(=O)[C@H](Cc2ccc(C)cc2)NC1=O. The number of ketones is 1. The fourth-order valence-electron chi connectivity index (χ4n) is 7.92. The molecule has 20 heteroatoms. The number of Topliss-reactive ketones (excluding diaryl/α,β-unsaturated/α-hetero) is 1. The summed E-state index contributed by atoms with van der Waals surface area (Å²) in [6.45, 7) is 14.0. The summed E-state index contributed by atoms with van der Waals surface area (Å²) in [5.41, 5.74) is 9.51. The van der Waals surface area contributed by atoms with Crippen LogP contribution in [-0.2, 0) is 56.0 Å². The summed E-state index contributed by atoms with van der Waals surface area (Å²) in [5, 5.41) is 19.2. The lowest BCUT2D eigenvalue weighted by Gasteiger charge is -2.29. The van der Waals surface area contributed by atoms with Crippen LogP contribution in [0.5, 0.6) is 0 Å². The van der Waals surface area contributed by atoms with E-state index in [1.54, 1.807) is 45.0 Å². The first-order valence-electron chi connectivity index (χ1n) is 23.6. The average Bonchev–Trinajstić information content (AvgIpc) is 3.78. The lowest BCUT2D eigenvalue weighted by atomic mass is 10.0. The summed E-state index contributed by atoms with van der Waals surface area (Å²) in [7, 11) is 2.52. The van der Waals surface area contributed by atoms with E-state index in [0.717, 1.165) is 11.1 Å². The topological polar surface area (TPSA) is 267 Å². The first-order valence-corrected chi connectivity index (χ1v) is 26.1. The summed E-state index contributed by atoms with van der Waals surface area (Å²) >= 11 is 0. The molecular weight excluding hydrogens is 923 g/mol. The molecule has 0 saturated carbocycles. The number of hydrogen-bond donors (Lipinski definition) is 8. The van der Waals surface area contributed by atoms with E-state index in [0.29, 0.717) is 42.7 Å². The van der Waals surface area contributed by atoms with Crippen LogP contribution in [0, 0.1) is 25.7 Å². The van der Waals surface area contributed by atoms with Gasteiger partial charge in [0.1, 0.15) is 42.0 Å². The van der Waals surface area contributed by atoms with Crippen LogP contribution in [0.15, 0.2) is 48.5 Å². The lowest BCUT2D eigenvalue weighted by Crippen LogP contribution is -2.60. The molecule has 2 fully saturated rings. The van der Waals surface area contributed by atoms with Crippen molar-refractivity contribution in [1.29, 1.82) is 0 Å². The minimum absolute atomic E-state index is 0.00324. The number of rotatable bonds is 12. The molecule has 69 heavy (non-hydrogen) atoms. The molecule has 8 amide bonds. The fourth-order valence-corrected chi connectivity index (χ4v) is 10.4. The van der Waals surface area contributed by atoms with Gasteiger partial charge in [0.15, 0.2) is 0 Å². The Kier molecular flexibility index (Phi) is 22.0. The van der Waals surface area contributed by atoms with Gasteiger partial charge in [-0.3, -0.25) is 43.2 Å². The first-order chi connectivity index (χ1) is 32.6. The maximum absolute atomic E-state index is 14.4. The van der Waals surface area contributed by atoms with E-state index in [1.807, 2.05) is 52.0 Å². The van der Waals surface area contributed by atoms with Crippen molar-refractivity contribution >= 4 is 74.6 Å². The van der Waals surface area contributed by atoms with Gasteiger partial charge in [0, 0.05) is 43.4 Å². The summed E-state index contributed by atoms with van der Waals surface area (Å²) in [5.74, 6) is -5.52. The van der Waals surface area contributed by atoms with Gasteiger partial charge in [-0.2, -0.15) is 0 Å². The van der Waals surface area contributed by atoms with Crippen LogP contribution in [0.25, 0.3) is 0 Å². The van der Waals surface area contributed by atoms with Crippen molar-refractivity contribution in [1.82, 2.24) is 42.1 Å². The maximum Gasteiger partial charge on any atom is 0.244 e. The second-order valence-corrected chi connectivity index (χ2v) is 21.5. The molecule has 2 aliphatic heterocycles. The van der Waals surface area contributed by atoms with Crippen molar-refractivity contribution < 1.29 is 43.2 Å². The van der Waals surface area contributed by atoms with Crippen molar-refractivity contribution in [3.05, 3.63) is 70.8 Å². The highest BCUT2D eigenvalue weighted by Gasteiger charge is 2.39. The zero-order valence-corrected chi connectivity index (χ0v) is 42.6. The number of nitrogens with one attached hydrogen (secondary N) is 7. The number of carbonyl (C=O) groups is 9. The normalized spacial score (nSPS) is 24.6. The molecule has 2 aromatic rings. The number of hydrogen-bond acceptors (Lipinski definition) is 12. The number of carbonyl (C=O) groups excluding carboxylic acids is 9. The van der Waals surface area contributed by atoms with Crippen LogP contribution in [0.2, 0.25) is 0 Å². The molecule has 18 nitrogen and oxygen atoms in total. The largest absolute Gasteiger partial charge is 0.351 e. The van der Waals surface area contributed by atoms with Crippen LogP contribution in [0.1, 0.15) is 89.5 Å². The van der Waals surface area contributed by atoms with E-state index >= 15 is 0 Å². The monoisotopic (exact) mass is 993 g/mol. The third kappa shape index (κ3) is 18.1. The molecule has 8 atom stereocenters. The number of benzene rings is 2. The van der Waals surface area contributed by atoms with E-state index in [4.69, 9.17) is 5.73 Å². The Hall–Kier alpha value is -5.47. The standard InChI is InChI=1S/C49H71N9O9S2/c1-27(2)20-35(50)49(67)58-19-9-10-40(58)47(65)56-39-26-69-68-25-31(7)52-48(66)42(28(3)4)57-41(60)24-51-43(61)37(22-33-15-11-29(5)12-16-33)54-45(63)38(23-34-17-13-30(6)14-18-34)55-44(62)36(21-32(8)59)53-46(39)64/h11-18,27-28,31,35-40,42H,9-10,19-26,50H2,1-8H3,(H,51,61)(H,52,66)(H,53,64)(H,54,63)(H,55,62)(H,56,65)(H,57,60)/t31-,35+,36+,37+,38+,39+,40+,42+/m1/s1. The highest BCUT2D eigenvalue weighted by molar-refractivity contribution is 8.76. The summed E-state index contributed by atoms with van der Waals surface area (Å²) in [6, 6.07) is 6.08. The first kappa shape index (κ1) is 56.1. The van der Waals surface area contributed by atoms with E-state index in [2.05, 4.69) is 37.2 Å². The molecule has 4 rings (SSSR count). The van der Waals surface area contributed by atoms with E-state index in [9.17, 15) is 43.2 Å². The number of likely N-dealkylation sites (tertiary alicyclic amines) is 1. The Morgan fingerprint density at radius 2 is 1.26 bits per heavy atom. The van der Waals surface area contributed by atoms with E-state index < -0.39 is 108 Å². The Morgan fingerprint density at radius 1 is 0.725 bits per heavy atom. The van der Waals surface area contributed by atoms with Gasteiger partial charge in [0.05, 0.1) is 12.6 Å². The quantitative estimate of drug-likeness (QED) is 0.141. The Balaban J connectivity index is 1.72. The average molecular weight is 994 g/mol. The molecule has 2 aliphatic rings. The smallest absolute Gasteiger partial charge is 0.244 e. The number of aryl methyl sites for hydroxylation is 2. The van der Waals surface area contributed by atoms with E-state index in [1.165, 1.54) is 33.4 Å². The fraction of sp³-hybridized carbons (Fsp3) is 0.571. The van der Waals surface area contributed by atoms with Gasteiger partial charge in [0.25, 0.3) is 0 Å². The Bertz CT molecular complexity index is 2140. The molecule has 0 spiro atoms. The minimum Gasteiger partial charge on any atom is -0.351 e. The van der Waals surface area contributed by atoms with Crippen molar-refractivity contribution in [3.8, 4) is 0 Å². The predicted octanol–water partition coefficient (Wildman–Crippen LogP) is 1.53. The van der Waals surface area contributed by atoms with Crippen molar-refractivity contribution in [2.45, 2.75) is 142 Å². The maximum atomic E-state index is 14.4. The number of amides is 8. The second-order valence-electron chi connectivity index (χ2n) is 18.9. The van der Waals surface area contributed by atoms with E-state index in [-0.39, 0.29) is 36.3 Å². The van der Waals surface area contributed by atoms with Gasteiger partial charge in [-0.25, -0.2) is 0 Å². The van der Waals surface area contributed by atoms with Crippen molar-refractivity contribution in [3.63, 3.8) is 0 Å². The summed E-state index contributed by atoms with van der Waals surface area (Å²) < 4.78 is 0. The second kappa shape index (κ2) is 27.1. The highest BCUT2D eigenvalue weighted by Crippen LogP contribution is 2.25.